The first-order chi connectivity index (χ1) is 9.58. The minimum absolute atomic E-state index is 0.0585. The normalized spacial score (nSPS) is 15.9. The van der Waals surface area contributed by atoms with E-state index in [0.717, 1.165) is 22.2 Å². The average Bonchev–Trinajstić information content (AvgIpc) is 3.22. The topological polar surface area (TPSA) is 67.2 Å². The SMILES string of the molecule is CCCNC(=O)c1sc(NC(C)C2CC2)c(SC)c1N. The third-order valence-electron chi connectivity index (χ3n) is 3.53. The number of thiophene rings is 1. The van der Waals surface area contributed by atoms with Gasteiger partial charge in [-0.3, -0.25) is 4.79 Å². The third kappa shape index (κ3) is 3.41. The highest BCUT2D eigenvalue weighted by atomic mass is 32.2. The molecule has 0 bridgehead atoms. The molecule has 1 saturated carbocycles. The van der Waals surface area contributed by atoms with E-state index in [1.807, 2.05) is 13.2 Å². The molecular formula is C14H23N3OS2. The van der Waals surface area contributed by atoms with Crippen molar-refractivity contribution in [2.45, 2.75) is 44.0 Å². The van der Waals surface area contributed by atoms with E-state index in [-0.39, 0.29) is 5.91 Å². The maximum Gasteiger partial charge on any atom is 0.263 e. The summed E-state index contributed by atoms with van der Waals surface area (Å²) >= 11 is 3.07. The molecule has 0 aromatic carbocycles. The molecular weight excluding hydrogens is 290 g/mol. The van der Waals surface area contributed by atoms with Gasteiger partial charge in [-0.15, -0.1) is 23.1 Å². The Morgan fingerprint density at radius 1 is 1.55 bits per heavy atom. The van der Waals surface area contributed by atoms with E-state index in [4.69, 9.17) is 5.73 Å². The number of carbonyl (C=O) groups is 1. The third-order valence-corrected chi connectivity index (χ3v) is 5.63. The Morgan fingerprint density at radius 3 is 2.80 bits per heavy atom. The predicted octanol–water partition coefficient (Wildman–Crippen LogP) is 3.40. The van der Waals surface area contributed by atoms with Crippen LogP contribution in [0.1, 0.15) is 42.8 Å². The number of nitrogens with two attached hydrogens (primary N) is 1. The summed E-state index contributed by atoms with van der Waals surface area (Å²) < 4.78 is 0. The summed E-state index contributed by atoms with van der Waals surface area (Å²) in [4.78, 5) is 13.8. The van der Waals surface area contributed by atoms with E-state index in [9.17, 15) is 4.79 Å². The van der Waals surface area contributed by atoms with Crippen LogP contribution in [-0.4, -0.2) is 24.7 Å². The Bertz CT molecular complexity index is 483. The highest BCUT2D eigenvalue weighted by Gasteiger charge is 2.29. The van der Waals surface area contributed by atoms with E-state index in [0.29, 0.717) is 23.2 Å². The molecule has 1 heterocycles. The minimum atomic E-state index is -0.0585. The van der Waals surface area contributed by atoms with Crippen LogP contribution in [0.5, 0.6) is 0 Å². The maximum absolute atomic E-state index is 12.1. The smallest absolute Gasteiger partial charge is 0.263 e. The van der Waals surface area contributed by atoms with Crippen LogP contribution in [-0.2, 0) is 0 Å². The fourth-order valence-electron chi connectivity index (χ4n) is 2.13. The number of nitrogen functional groups attached to an aromatic ring is 1. The lowest BCUT2D eigenvalue weighted by molar-refractivity contribution is 0.0958. The van der Waals surface area contributed by atoms with Gasteiger partial charge in [-0.25, -0.2) is 0 Å². The predicted molar refractivity (Wildman–Crippen MR) is 88.9 cm³/mol. The lowest BCUT2D eigenvalue weighted by atomic mass is 10.2. The van der Waals surface area contributed by atoms with Crippen LogP contribution in [0.25, 0.3) is 0 Å². The first-order valence-corrected chi connectivity index (χ1v) is 9.13. The molecule has 4 nitrogen and oxygen atoms in total. The van der Waals surface area contributed by atoms with Gasteiger partial charge in [-0.1, -0.05) is 6.92 Å². The van der Waals surface area contributed by atoms with E-state index < -0.39 is 0 Å². The summed E-state index contributed by atoms with van der Waals surface area (Å²) in [5.41, 5.74) is 6.76. The fourth-order valence-corrected chi connectivity index (χ4v) is 4.17. The van der Waals surface area contributed by atoms with Crippen molar-refractivity contribution in [1.29, 1.82) is 0 Å². The summed E-state index contributed by atoms with van der Waals surface area (Å²) in [7, 11) is 0. The van der Waals surface area contributed by atoms with Crippen LogP contribution < -0.4 is 16.4 Å². The molecule has 0 radical (unpaired) electrons. The molecule has 1 aromatic heterocycles. The van der Waals surface area contributed by atoms with Crippen LogP contribution in [0, 0.1) is 5.92 Å². The van der Waals surface area contributed by atoms with Gasteiger partial charge >= 0.3 is 0 Å². The van der Waals surface area contributed by atoms with E-state index >= 15 is 0 Å². The van der Waals surface area contributed by atoms with Crippen LogP contribution >= 0.6 is 23.1 Å². The monoisotopic (exact) mass is 313 g/mol. The molecule has 1 aromatic rings. The zero-order valence-electron chi connectivity index (χ0n) is 12.3. The number of nitrogens with one attached hydrogen (secondary N) is 2. The number of anilines is 2. The summed E-state index contributed by atoms with van der Waals surface area (Å²) in [6.45, 7) is 4.93. The molecule has 4 N–H and O–H groups in total. The Balaban J connectivity index is 2.16. The van der Waals surface area contributed by atoms with Gasteiger partial charge in [0.1, 0.15) is 9.88 Å². The van der Waals surface area contributed by atoms with E-state index in [1.54, 1.807) is 11.8 Å². The molecule has 1 atom stereocenters. The molecule has 0 aliphatic heterocycles. The second kappa shape index (κ2) is 6.72. The standard InChI is InChI=1S/C14H23N3OS2/c1-4-7-16-13(18)11-10(15)12(19-3)14(20-11)17-8(2)9-5-6-9/h8-9,17H,4-7,15H2,1-3H3,(H,16,18). The minimum Gasteiger partial charge on any atom is -0.396 e. The second-order valence-electron chi connectivity index (χ2n) is 5.23. The molecule has 20 heavy (non-hydrogen) atoms. The first kappa shape index (κ1) is 15.5. The van der Waals surface area contributed by atoms with Gasteiger partial charge < -0.3 is 16.4 Å². The van der Waals surface area contributed by atoms with Gasteiger partial charge in [-0.2, -0.15) is 0 Å². The Kier molecular flexibility index (Phi) is 5.21. The van der Waals surface area contributed by atoms with Crippen molar-refractivity contribution in [3.05, 3.63) is 4.88 Å². The second-order valence-corrected chi connectivity index (χ2v) is 7.07. The Morgan fingerprint density at radius 2 is 2.25 bits per heavy atom. The van der Waals surface area contributed by atoms with Crippen molar-refractivity contribution in [1.82, 2.24) is 5.32 Å². The zero-order chi connectivity index (χ0) is 14.7. The molecule has 2 rings (SSSR count). The van der Waals surface area contributed by atoms with Crippen LogP contribution in [0.15, 0.2) is 4.90 Å². The summed E-state index contributed by atoms with van der Waals surface area (Å²) in [5.74, 6) is 0.710. The van der Waals surface area contributed by atoms with Gasteiger partial charge in [0.05, 0.1) is 10.6 Å². The molecule has 6 heteroatoms. The highest BCUT2D eigenvalue weighted by molar-refractivity contribution is 7.99. The Labute approximate surface area is 128 Å². The van der Waals surface area contributed by atoms with Gasteiger partial charge in [-0.05, 0) is 38.4 Å². The summed E-state index contributed by atoms with van der Waals surface area (Å²) in [6, 6.07) is 0.450. The molecule has 1 aliphatic rings. The van der Waals surface area contributed by atoms with Crippen molar-refractivity contribution in [3.63, 3.8) is 0 Å². The van der Waals surface area contributed by atoms with Crippen molar-refractivity contribution >= 4 is 39.7 Å². The molecule has 0 saturated heterocycles. The number of rotatable bonds is 7. The molecule has 1 aliphatic carbocycles. The lowest BCUT2D eigenvalue weighted by Crippen LogP contribution is -2.23. The van der Waals surface area contributed by atoms with Crippen molar-refractivity contribution in [3.8, 4) is 0 Å². The van der Waals surface area contributed by atoms with Gasteiger partial charge in [0, 0.05) is 12.6 Å². The van der Waals surface area contributed by atoms with E-state index in [2.05, 4.69) is 17.6 Å². The van der Waals surface area contributed by atoms with Crippen LogP contribution in [0.3, 0.4) is 0 Å². The van der Waals surface area contributed by atoms with Gasteiger partial charge in [0.2, 0.25) is 0 Å². The molecule has 0 spiro atoms. The largest absolute Gasteiger partial charge is 0.396 e. The summed E-state index contributed by atoms with van der Waals surface area (Å²) in [5, 5.41) is 7.47. The first-order valence-electron chi connectivity index (χ1n) is 7.09. The average molecular weight is 313 g/mol. The zero-order valence-corrected chi connectivity index (χ0v) is 13.9. The van der Waals surface area contributed by atoms with Crippen molar-refractivity contribution in [2.75, 3.05) is 23.9 Å². The van der Waals surface area contributed by atoms with Crippen molar-refractivity contribution < 1.29 is 4.79 Å². The number of hydrogen-bond acceptors (Lipinski definition) is 5. The van der Waals surface area contributed by atoms with Gasteiger partial charge in [0.25, 0.3) is 5.91 Å². The van der Waals surface area contributed by atoms with E-state index in [1.165, 1.54) is 24.2 Å². The quantitative estimate of drug-likeness (QED) is 0.675. The summed E-state index contributed by atoms with van der Waals surface area (Å²) in [6.07, 6.45) is 5.52. The molecule has 1 unspecified atom stereocenters. The fraction of sp³-hybridized carbons (Fsp3) is 0.643. The Hall–Kier alpha value is -0.880. The van der Waals surface area contributed by atoms with Crippen molar-refractivity contribution in [2.24, 2.45) is 5.92 Å². The highest BCUT2D eigenvalue weighted by Crippen LogP contribution is 2.43. The number of hydrogen-bond donors (Lipinski definition) is 3. The number of amides is 1. The van der Waals surface area contributed by atoms with Crippen LogP contribution in [0.2, 0.25) is 0 Å². The molecule has 1 fully saturated rings. The van der Waals surface area contributed by atoms with Gasteiger partial charge in [0.15, 0.2) is 0 Å². The molecule has 1 amide bonds. The lowest BCUT2D eigenvalue weighted by Gasteiger charge is -2.13. The molecule has 112 valence electrons. The number of carbonyl (C=O) groups excluding carboxylic acids is 1. The maximum atomic E-state index is 12.1. The number of thioether (sulfide) groups is 1. The van der Waals surface area contributed by atoms with Crippen LogP contribution in [0.4, 0.5) is 10.7 Å².